The Morgan fingerprint density at radius 2 is 2.36 bits per heavy atom. The van der Waals surface area contributed by atoms with Gasteiger partial charge in [-0.3, -0.25) is 4.52 Å². The van der Waals surface area contributed by atoms with Crippen molar-refractivity contribution in [3.8, 4) is 0 Å². The predicted molar refractivity (Wildman–Crippen MR) is 49.0 cm³/mol. The molecule has 2 atom stereocenters. The maximum Gasteiger partial charge on any atom is 0.395 e. The molecule has 0 aromatic rings. The van der Waals surface area contributed by atoms with Crippen LogP contribution in [0.2, 0.25) is 0 Å². The summed E-state index contributed by atoms with van der Waals surface area (Å²) in [5.74, 6) is 0. The summed E-state index contributed by atoms with van der Waals surface area (Å²) < 4.78 is 15.1. The Bertz CT molecular complexity index is 149. The summed E-state index contributed by atoms with van der Waals surface area (Å²) in [7, 11) is 0. The Labute approximate surface area is 79.4 Å². The summed E-state index contributed by atoms with van der Waals surface area (Å²) in [6.45, 7) is 2.01. The van der Waals surface area contributed by atoms with Gasteiger partial charge in [0, 0.05) is 15.5 Å². The fourth-order valence-electron chi connectivity index (χ4n) is 0.558. The first kappa shape index (κ1) is 11.9. The molecule has 2 unspecified atom stereocenters. The van der Waals surface area contributed by atoms with Gasteiger partial charge in [0.05, 0.1) is 0 Å². The number of hydrogen-bond acceptors (Lipinski definition) is 2. The van der Waals surface area contributed by atoms with Gasteiger partial charge in [-0.15, -0.1) is 0 Å². The lowest BCUT2D eigenvalue weighted by atomic mass is 10.3. The molecular weight excluding hydrogens is 254 g/mol. The van der Waals surface area contributed by atoms with Crippen molar-refractivity contribution in [2.24, 2.45) is 0 Å². The molecule has 0 radical (unpaired) electrons. The molecule has 0 bridgehead atoms. The second kappa shape index (κ2) is 5.55. The number of halogens is 2. The zero-order chi connectivity index (χ0) is 8.91. The minimum Gasteiger partial charge on any atom is -0.316 e. The summed E-state index contributed by atoms with van der Waals surface area (Å²) in [6, 6.07) is 0. The van der Waals surface area contributed by atoms with E-state index in [0.29, 0.717) is 6.42 Å². The van der Waals surface area contributed by atoms with Crippen LogP contribution < -0.4 is 0 Å². The minimum atomic E-state index is -3.58. The molecule has 0 aliphatic carbocycles. The first-order valence-electron chi connectivity index (χ1n) is 3.30. The van der Waals surface area contributed by atoms with Crippen molar-refractivity contribution < 1.29 is 14.0 Å². The van der Waals surface area contributed by atoms with Crippen LogP contribution in [0.3, 0.4) is 0 Å². The monoisotopic (exact) mass is 264 g/mol. The van der Waals surface area contributed by atoms with E-state index in [2.05, 4.69) is 20.0 Å². The van der Waals surface area contributed by atoms with Crippen molar-refractivity contribution in [2.75, 3.05) is 0 Å². The molecule has 0 amide bonds. The van der Waals surface area contributed by atoms with E-state index in [-0.39, 0.29) is 0 Å². The molecule has 11 heavy (non-hydrogen) atoms. The Hall–Kier alpha value is 0.920. The van der Waals surface area contributed by atoms with Gasteiger partial charge in [0.2, 0.25) is 0 Å². The van der Waals surface area contributed by atoms with Gasteiger partial charge in [-0.2, -0.15) is 0 Å². The van der Waals surface area contributed by atoms with Crippen LogP contribution in [0.5, 0.6) is 0 Å². The third kappa shape index (κ3) is 8.83. The van der Waals surface area contributed by atoms with Crippen molar-refractivity contribution in [2.45, 2.75) is 31.7 Å². The van der Waals surface area contributed by atoms with Crippen LogP contribution in [0.25, 0.3) is 0 Å². The summed E-state index contributed by atoms with van der Waals surface area (Å²) in [4.78, 5) is 8.65. The molecule has 68 valence electrons. The SMILES string of the molecule is CCCCC(Cl)OP(=O)(O)Br. The lowest BCUT2D eigenvalue weighted by molar-refractivity contribution is 0.239. The topological polar surface area (TPSA) is 46.5 Å². The fraction of sp³-hybridized carbons (Fsp3) is 1.00. The van der Waals surface area contributed by atoms with Crippen LogP contribution in [0.15, 0.2) is 0 Å². The standard InChI is InChI=1S/C5H11BrClO3P/c1-2-3-4-5(7)10-11(6,8)9/h5H,2-4H2,1H3,(H,8,9). The summed E-state index contributed by atoms with van der Waals surface area (Å²) in [5, 5.41) is 0. The lowest BCUT2D eigenvalue weighted by Crippen LogP contribution is -2.00. The van der Waals surface area contributed by atoms with Crippen molar-refractivity contribution in [1.82, 2.24) is 0 Å². The molecule has 6 heteroatoms. The zero-order valence-corrected chi connectivity index (χ0v) is 9.40. The highest BCUT2D eigenvalue weighted by Crippen LogP contribution is 2.52. The Morgan fingerprint density at radius 1 is 1.82 bits per heavy atom. The largest absolute Gasteiger partial charge is 0.395 e. The van der Waals surface area contributed by atoms with Crippen LogP contribution in [0, 0.1) is 0 Å². The molecule has 0 aliphatic rings. The van der Waals surface area contributed by atoms with Crippen LogP contribution >= 0.6 is 33.4 Å². The van der Waals surface area contributed by atoms with Crippen molar-refractivity contribution in [3.05, 3.63) is 0 Å². The van der Waals surface area contributed by atoms with E-state index in [0.717, 1.165) is 12.8 Å². The van der Waals surface area contributed by atoms with Crippen molar-refractivity contribution in [1.29, 1.82) is 0 Å². The van der Waals surface area contributed by atoms with Gasteiger partial charge in [-0.25, -0.2) is 4.57 Å². The lowest BCUT2D eigenvalue weighted by Gasteiger charge is -2.10. The molecule has 0 saturated carbocycles. The van der Waals surface area contributed by atoms with Gasteiger partial charge >= 0.3 is 6.30 Å². The van der Waals surface area contributed by atoms with E-state index in [1.54, 1.807) is 0 Å². The molecule has 0 rings (SSSR count). The molecule has 0 aromatic carbocycles. The molecule has 1 N–H and O–H groups in total. The van der Waals surface area contributed by atoms with Gasteiger partial charge in [0.25, 0.3) is 0 Å². The average Bonchev–Trinajstić information content (AvgIpc) is 1.79. The zero-order valence-electron chi connectivity index (χ0n) is 6.17. The van der Waals surface area contributed by atoms with Crippen LogP contribution in [-0.4, -0.2) is 10.5 Å². The summed E-state index contributed by atoms with van der Waals surface area (Å²) in [5.41, 5.74) is -0.676. The second-order valence-corrected chi connectivity index (χ2v) is 6.40. The van der Waals surface area contributed by atoms with Crippen molar-refractivity contribution >= 4 is 33.4 Å². The normalized spacial score (nSPS) is 19.3. The minimum absolute atomic E-state index is 0.591. The third-order valence-corrected chi connectivity index (χ3v) is 2.48. The summed E-state index contributed by atoms with van der Waals surface area (Å²) in [6.07, 6.45) is -1.11. The molecule has 0 aliphatic heterocycles. The Balaban J connectivity index is 3.52. The maximum atomic E-state index is 10.6. The van der Waals surface area contributed by atoms with Gasteiger partial charge < -0.3 is 4.89 Å². The smallest absolute Gasteiger partial charge is 0.316 e. The molecule has 0 aromatic heterocycles. The van der Waals surface area contributed by atoms with Crippen LogP contribution in [0.4, 0.5) is 0 Å². The third-order valence-electron chi connectivity index (χ3n) is 1.03. The number of alkyl halides is 1. The maximum absolute atomic E-state index is 10.6. The van der Waals surface area contributed by atoms with E-state index in [4.69, 9.17) is 16.5 Å². The van der Waals surface area contributed by atoms with Gasteiger partial charge in [0.1, 0.15) is 5.56 Å². The number of rotatable bonds is 5. The Kier molecular flexibility index (Phi) is 6.01. The van der Waals surface area contributed by atoms with Crippen molar-refractivity contribution in [3.63, 3.8) is 0 Å². The Morgan fingerprint density at radius 3 is 2.73 bits per heavy atom. The van der Waals surface area contributed by atoms with Crippen LogP contribution in [0.1, 0.15) is 26.2 Å². The first-order valence-corrected chi connectivity index (χ1v) is 7.34. The van der Waals surface area contributed by atoms with Crippen LogP contribution in [-0.2, 0) is 9.09 Å². The first-order chi connectivity index (χ1) is 4.95. The highest BCUT2D eigenvalue weighted by Gasteiger charge is 2.18. The van der Waals surface area contributed by atoms with E-state index >= 15 is 0 Å². The summed E-state index contributed by atoms with van der Waals surface area (Å²) >= 11 is 8.04. The molecule has 0 heterocycles. The second-order valence-electron chi connectivity index (χ2n) is 2.11. The van der Waals surface area contributed by atoms with Gasteiger partial charge in [-0.1, -0.05) is 24.9 Å². The average molecular weight is 265 g/mol. The highest BCUT2D eigenvalue weighted by molar-refractivity contribution is 9.39. The molecule has 3 nitrogen and oxygen atoms in total. The highest BCUT2D eigenvalue weighted by atomic mass is 79.9. The van der Waals surface area contributed by atoms with Gasteiger partial charge in [-0.05, 0) is 12.8 Å². The van der Waals surface area contributed by atoms with E-state index < -0.39 is 11.9 Å². The number of hydrogen-bond donors (Lipinski definition) is 1. The fourth-order valence-corrected chi connectivity index (χ4v) is 2.32. The molecule has 0 saturated heterocycles. The van der Waals surface area contributed by atoms with E-state index in [1.807, 2.05) is 6.92 Å². The predicted octanol–water partition coefficient (Wildman–Crippen LogP) is 3.25. The van der Waals surface area contributed by atoms with Gasteiger partial charge in [0.15, 0.2) is 0 Å². The molecular formula is C5H11BrClO3P. The molecule has 0 spiro atoms. The number of unbranched alkanes of at least 4 members (excludes halogenated alkanes) is 1. The van der Waals surface area contributed by atoms with E-state index in [1.165, 1.54) is 0 Å². The quantitative estimate of drug-likeness (QED) is 0.613. The molecule has 0 fully saturated rings. The van der Waals surface area contributed by atoms with E-state index in [9.17, 15) is 4.57 Å².